The van der Waals surface area contributed by atoms with Crippen LogP contribution in [0.2, 0.25) is 0 Å². The van der Waals surface area contributed by atoms with Gasteiger partial charge in [-0.2, -0.15) is 0 Å². The van der Waals surface area contributed by atoms with Gasteiger partial charge in [-0.3, -0.25) is 14.9 Å². The van der Waals surface area contributed by atoms with E-state index in [4.69, 9.17) is 0 Å². The van der Waals surface area contributed by atoms with Crippen molar-refractivity contribution in [3.8, 4) is 0 Å². The van der Waals surface area contributed by atoms with Crippen molar-refractivity contribution in [2.45, 2.75) is 38.6 Å². The van der Waals surface area contributed by atoms with Gasteiger partial charge in [0.25, 0.3) is 0 Å². The standard InChI is InChI=1S/C11H18N2O2/c1-7-3-2-4-8(7)6-12-9-5-10(14)13-11(9)15/h7-9,12H,2-6H2,1H3,(H,13,14,15). The van der Waals surface area contributed by atoms with Gasteiger partial charge in [-0.1, -0.05) is 19.8 Å². The quantitative estimate of drug-likeness (QED) is 0.664. The van der Waals surface area contributed by atoms with Gasteiger partial charge in [0.2, 0.25) is 11.8 Å². The van der Waals surface area contributed by atoms with Crippen LogP contribution in [-0.4, -0.2) is 24.4 Å². The fourth-order valence-corrected chi connectivity index (χ4v) is 2.54. The summed E-state index contributed by atoms with van der Waals surface area (Å²) in [5.74, 6) is 1.11. The molecule has 3 unspecified atom stereocenters. The number of hydrogen-bond donors (Lipinski definition) is 2. The Morgan fingerprint density at radius 3 is 2.73 bits per heavy atom. The summed E-state index contributed by atoms with van der Waals surface area (Å²) < 4.78 is 0. The van der Waals surface area contributed by atoms with Crippen LogP contribution in [0, 0.1) is 11.8 Å². The smallest absolute Gasteiger partial charge is 0.244 e. The molecule has 15 heavy (non-hydrogen) atoms. The Balaban J connectivity index is 1.78. The van der Waals surface area contributed by atoms with Crippen molar-refractivity contribution in [3.05, 3.63) is 0 Å². The Bertz CT molecular complexity index is 278. The van der Waals surface area contributed by atoms with Gasteiger partial charge in [0.05, 0.1) is 12.5 Å². The van der Waals surface area contributed by atoms with E-state index in [9.17, 15) is 9.59 Å². The molecule has 1 aliphatic carbocycles. The summed E-state index contributed by atoms with van der Waals surface area (Å²) in [5, 5.41) is 5.51. The SMILES string of the molecule is CC1CCCC1CNC1CC(=O)NC1=O. The summed E-state index contributed by atoms with van der Waals surface area (Å²) in [6.45, 7) is 3.13. The van der Waals surface area contributed by atoms with Crippen LogP contribution in [0.4, 0.5) is 0 Å². The molecule has 0 radical (unpaired) electrons. The predicted octanol–water partition coefficient (Wildman–Crippen LogP) is 0.427. The molecule has 3 atom stereocenters. The van der Waals surface area contributed by atoms with Crippen LogP contribution in [0.25, 0.3) is 0 Å². The molecule has 4 heteroatoms. The molecule has 0 spiro atoms. The van der Waals surface area contributed by atoms with Gasteiger partial charge in [0, 0.05) is 0 Å². The molecule has 2 amide bonds. The molecule has 1 saturated carbocycles. The maximum absolute atomic E-state index is 11.3. The van der Waals surface area contributed by atoms with Gasteiger partial charge in [0.15, 0.2) is 0 Å². The summed E-state index contributed by atoms with van der Waals surface area (Å²) in [6.07, 6.45) is 4.14. The monoisotopic (exact) mass is 210 g/mol. The van der Waals surface area contributed by atoms with Gasteiger partial charge < -0.3 is 5.32 Å². The summed E-state index contributed by atoms with van der Waals surface area (Å²) >= 11 is 0. The Hall–Kier alpha value is -0.900. The van der Waals surface area contributed by atoms with E-state index >= 15 is 0 Å². The molecule has 4 nitrogen and oxygen atoms in total. The molecule has 0 aromatic carbocycles. The molecular weight excluding hydrogens is 192 g/mol. The average molecular weight is 210 g/mol. The van der Waals surface area contributed by atoms with E-state index in [0.29, 0.717) is 12.3 Å². The molecule has 1 aliphatic heterocycles. The molecule has 0 aromatic rings. The van der Waals surface area contributed by atoms with Crippen LogP contribution in [0.1, 0.15) is 32.6 Å². The van der Waals surface area contributed by atoms with E-state index in [1.165, 1.54) is 19.3 Å². The Labute approximate surface area is 89.8 Å². The number of hydrogen-bond acceptors (Lipinski definition) is 3. The highest BCUT2D eigenvalue weighted by Crippen LogP contribution is 2.30. The molecule has 2 rings (SSSR count). The van der Waals surface area contributed by atoms with Crippen LogP contribution in [0.5, 0.6) is 0 Å². The highest BCUT2D eigenvalue weighted by molar-refractivity contribution is 6.05. The first-order valence-corrected chi connectivity index (χ1v) is 5.74. The zero-order valence-electron chi connectivity index (χ0n) is 9.08. The molecule has 0 bridgehead atoms. The molecule has 2 fully saturated rings. The van der Waals surface area contributed by atoms with E-state index in [0.717, 1.165) is 12.5 Å². The lowest BCUT2D eigenvalue weighted by Gasteiger charge is -2.17. The zero-order chi connectivity index (χ0) is 10.8. The van der Waals surface area contributed by atoms with E-state index in [1.807, 2.05) is 0 Å². The first-order chi connectivity index (χ1) is 7.16. The minimum Gasteiger partial charge on any atom is -0.305 e. The lowest BCUT2D eigenvalue weighted by molar-refractivity contribution is -0.125. The van der Waals surface area contributed by atoms with Crippen molar-refractivity contribution >= 4 is 11.8 Å². The average Bonchev–Trinajstić information content (AvgIpc) is 2.70. The second-order valence-corrected chi connectivity index (χ2v) is 4.75. The highest BCUT2D eigenvalue weighted by Gasteiger charge is 2.31. The van der Waals surface area contributed by atoms with Crippen LogP contribution in [0.3, 0.4) is 0 Å². The van der Waals surface area contributed by atoms with Crippen molar-refractivity contribution in [1.82, 2.24) is 10.6 Å². The molecule has 2 N–H and O–H groups in total. The van der Waals surface area contributed by atoms with Crippen molar-refractivity contribution in [2.24, 2.45) is 11.8 Å². The maximum atomic E-state index is 11.3. The van der Waals surface area contributed by atoms with Crippen LogP contribution >= 0.6 is 0 Å². The molecule has 1 heterocycles. The second-order valence-electron chi connectivity index (χ2n) is 4.75. The first-order valence-electron chi connectivity index (χ1n) is 5.74. The summed E-state index contributed by atoms with van der Waals surface area (Å²) in [7, 11) is 0. The third kappa shape index (κ3) is 2.37. The lowest BCUT2D eigenvalue weighted by atomic mass is 9.98. The second kappa shape index (κ2) is 4.31. The predicted molar refractivity (Wildman–Crippen MR) is 56.1 cm³/mol. The topological polar surface area (TPSA) is 58.2 Å². The molecule has 2 aliphatic rings. The fraction of sp³-hybridized carbons (Fsp3) is 0.818. The Morgan fingerprint density at radius 1 is 1.40 bits per heavy atom. The zero-order valence-corrected chi connectivity index (χ0v) is 9.08. The number of carbonyl (C=O) groups excluding carboxylic acids is 2. The normalized spacial score (nSPS) is 35.9. The Kier molecular flexibility index (Phi) is 3.05. The van der Waals surface area contributed by atoms with Crippen molar-refractivity contribution in [2.75, 3.05) is 6.54 Å². The third-order valence-electron chi connectivity index (χ3n) is 3.63. The molecule has 84 valence electrons. The van der Waals surface area contributed by atoms with Gasteiger partial charge in [0.1, 0.15) is 0 Å². The van der Waals surface area contributed by atoms with E-state index in [-0.39, 0.29) is 17.9 Å². The highest BCUT2D eigenvalue weighted by atomic mass is 16.2. The summed E-state index contributed by atoms with van der Waals surface area (Å²) in [5.41, 5.74) is 0. The van der Waals surface area contributed by atoms with Crippen LogP contribution in [-0.2, 0) is 9.59 Å². The Morgan fingerprint density at radius 2 is 2.20 bits per heavy atom. The molecular formula is C11H18N2O2. The van der Waals surface area contributed by atoms with Crippen LogP contribution < -0.4 is 10.6 Å². The van der Waals surface area contributed by atoms with Gasteiger partial charge in [-0.25, -0.2) is 0 Å². The number of imide groups is 1. The van der Waals surface area contributed by atoms with E-state index < -0.39 is 0 Å². The third-order valence-corrected chi connectivity index (χ3v) is 3.63. The van der Waals surface area contributed by atoms with Crippen LogP contribution in [0.15, 0.2) is 0 Å². The van der Waals surface area contributed by atoms with E-state index in [1.54, 1.807) is 0 Å². The van der Waals surface area contributed by atoms with Crippen molar-refractivity contribution in [1.29, 1.82) is 0 Å². The van der Waals surface area contributed by atoms with Gasteiger partial charge >= 0.3 is 0 Å². The number of carbonyl (C=O) groups is 2. The molecule has 1 saturated heterocycles. The lowest BCUT2D eigenvalue weighted by Crippen LogP contribution is -2.39. The number of amides is 2. The molecule has 0 aromatic heterocycles. The maximum Gasteiger partial charge on any atom is 0.244 e. The van der Waals surface area contributed by atoms with E-state index in [2.05, 4.69) is 17.6 Å². The summed E-state index contributed by atoms with van der Waals surface area (Å²) in [6, 6.07) is -0.287. The largest absolute Gasteiger partial charge is 0.305 e. The van der Waals surface area contributed by atoms with Gasteiger partial charge in [-0.05, 0) is 24.8 Å². The first kappa shape index (κ1) is 10.6. The van der Waals surface area contributed by atoms with Crippen molar-refractivity contribution < 1.29 is 9.59 Å². The minimum atomic E-state index is -0.287. The number of rotatable bonds is 3. The number of nitrogens with one attached hydrogen (secondary N) is 2. The summed E-state index contributed by atoms with van der Waals surface area (Å²) in [4.78, 5) is 22.2. The van der Waals surface area contributed by atoms with Crippen molar-refractivity contribution in [3.63, 3.8) is 0 Å². The minimum absolute atomic E-state index is 0.156. The van der Waals surface area contributed by atoms with Gasteiger partial charge in [-0.15, -0.1) is 0 Å². The fourth-order valence-electron chi connectivity index (χ4n) is 2.54.